The Morgan fingerprint density at radius 1 is 1.21 bits per heavy atom. The normalized spacial score (nSPS) is 15.7. The molecule has 2 amide bonds. The van der Waals surface area contributed by atoms with Crippen molar-refractivity contribution in [2.24, 2.45) is 0 Å². The van der Waals surface area contributed by atoms with Crippen molar-refractivity contribution in [2.75, 3.05) is 19.6 Å². The van der Waals surface area contributed by atoms with Gasteiger partial charge in [-0.15, -0.1) is 0 Å². The average molecular weight is 333 g/mol. The van der Waals surface area contributed by atoms with Gasteiger partial charge in [0.2, 0.25) is 11.8 Å². The van der Waals surface area contributed by atoms with E-state index in [0.29, 0.717) is 0 Å². The van der Waals surface area contributed by atoms with Crippen molar-refractivity contribution in [3.05, 3.63) is 39.9 Å². The van der Waals surface area contributed by atoms with Gasteiger partial charge in [-0.3, -0.25) is 19.7 Å². The summed E-state index contributed by atoms with van der Waals surface area (Å²) in [7, 11) is 0. The third kappa shape index (κ3) is 4.31. The van der Waals surface area contributed by atoms with Gasteiger partial charge in [-0.2, -0.15) is 0 Å². The first-order valence-corrected chi connectivity index (χ1v) is 8.19. The van der Waals surface area contributed by atoms with Gasteiger partial charge in [-0.25, -0.2) is 0 Å². The Balaban J connectivity index is 2.09. The number of piperidine rings is 1. The summed E-state index contributed by atoms with van der Waals surface area (Å²) in [5.41, 5.74) is 0.770. The molecular formula is C17H23N3O4. The molecule has 1 aliphatic rings. The highest BCUT2D eigenvalue weighted by atomic mass is 16.6. The van der Waals surface area contributed by atoms with Crippen molar-refractivity contribution in [1.82, 2.24) is 9.80 Å². The van der Waals surface area contributed by atoms with Gasteiger partial charge in [0.05, 0.1) is 11.0 Å². The Bertz CT molecular complexity index is 609. The molecule has 1 atom stereocenters. The number of nitrogens with zero attached hydrogens (tertiary/aromatic N) is 3. The Morgan fingerprint density at radius 2 is 1.79 bits per heavy atom. The molecule has 1 saturated heterocycles. The summed E-state index contributed by atoms with van der Waals surface area (Å²) < 4.78 is 0. The Morgan fingerprint density at radius 3 is 2.29 bits per heavy atom. The van der Waals surface area contributed by atoms with Gasteiger partial charge in [-0.1, -0.05) is 12.1 Å². The molecular weight excluding hydrogens is 310 g/mol. The number of hydrogen-bond donors (Lipinski definition) is 0. The number of non-ortho nitro benzene ring substituents is 1. The topological polar surface area (TPSA) is 83.8 Å². The van der Waals surface area contributed by atoms with E-state index >= 15 is 0 Å². The largest absolute Gasteiger partial charge is 0.341 e. The van der Waals surface area contributed by atoms with Crippen LogP contribution in [0, 0.1) is 10.1 Å². The lowest BCUT2D eigenvalue weighted by atomic mass is 10.1. The molecule has 0 aromatic heterocycles. The van der Waals surface area contributed by atoms with E-state index in [1.54, 1.807) is 12.1 Å². The van der Waals surface area contributed by atoms with Crippen LogP contribution < -0.4 is 0 Å². The molecule has 130 valence electrons. The van der Waals surface area contributed by atoms with Crippen molar-refractivity contribution in [3.63, 3.8) is 0 Å². The highest BCUT2D eigenvalue weighted by molar-refractivity contribution is 5.84. The fourth-order valence-electron chi connectivity index (χ4n) is 2.96. The Hall–Kier alpha value is -2.44. The fourth-order valence-corrected chi connectivity index (χ4v) is 2.96. The van der Waals surface area contributed by atoms with E-state index in [1.165, 1.54) is 24.0 Å². The molecule has 0 bridgehead atoms. The second-order valence-corrected chi connectivity index (χ2v) is 6.11. The monoisotopic (exact) mass is 333 g/mol. The average Bonchev–Trinajstić information content (AvgIpc) is 2.59. The molecule has 0 N–H and O–H groups in total. The molecule has 24 heavy (non-hydrogen) atoms. The van der Waals surface area contributed by atoms with E-state index in [1.807, 2.05) is 11.8 Å². The van der Waals surface area contributed by atoms with Crippen LogP contribution in [-0.2, 0) is 9.59 Å². The number of nitro benzene ring substituents is 1. The molecule has 1 aromatic rings. The van der Waals surface area contributed by atoms with Crippen LogP contribution in [0.15, 0.2) is 24.3 Å². The second kappa shape index (κ2) is 7.90. The molecule has 0 saturated carbocycles. The van der Waals surface area contributed by atoms with Crippen molar-refractivity contribution in [2.45, 2.75) is 39.2 Å². The van der Waals surface area contributed by atoms with E-state index in [9.17, 15) is 19.7 Å². The third-order valence-corrected chi connectivity index (χ3v) is 4.47. The minimum absolute atomic E-state index is 0.00437. The van der Waals surface area contributed by atoms with Crippen LogP contribution in [-0.4, -0.2) is 46.2 Å². The minimum atomic E-state index is -0.461. The van der Waals surface area contributed by atoms with Crippen molar-refractivity contribution < 1.29 is 14.5 Å². The SMILES string of the molecule is CC(=O)N(CC(=O)N1CCCCC1)C(C)c1ccc([N+](=O)[O-])cc1. The molecule has 0 radical (unpaired) electrons. The highest BCUT2D eigenvalue weighted by Gasteiger charge is 2.25. The first-order valence-electron chi connectivity index (χ1n) is 8.19. The van der Waals surface area contributed by atoms with Crippen LogP contribution in [0.2, 0.25) is 0 Å². The molecule has 7 nitrogen and oxygen atoms in total. The zero-order valence-corrected chi connectivity index (χ0v) is 14.1. The molecule has 1 fully saturated rings. The number of carbonyl (C=O) groups excluding carboxylic acids is 2. The number of carbonyl (C=O) groups is 2. The highest BCUT2D eigenvalue weighted by Crippen LogP contribution is 2.23. The minimum Gasteiger partial charge on any atom is -0.341 e. The molecule has 1 unspecified atom stereocenters. The van der Waals surface area contributed by atoms with Gasteiger partial charge in [0.1, 0.15) is 6.54 Å². The first kappa shape index (κ1) is 17.9. The lowest BCUT2D eigenvalue weighted by Gasteiger charge is -2.32. The summed E-state index contributed by atoms with van der Waals surface area (Å²) in [4.78, 5) is 38.0. The number of likely N-dealkylation sites (tertiary alicyclic amines) is 1. The molecule has 1 aromatic carbocycles. The maximum atomic E-state index is 12.4. The van der Waals surface area contributed by atoms with Gasteiger partial charge in [0.15, 0.2) is 0 Å². The molecule has 0 aliphatic carbocycles. The Kier molecular flexibility index (Phi) is 5.89. The fraction of sp³-hybridized carbons (Fsp3) is 0.529. The van der Waals surface area contributed by atoms with Crippen molar-refractivity contribution >= 4 is 17.5 Å². The van der Waals surface area contributed by atoms with Gasteiger partial charge >= 0.3 is 0 Å². The summed E-state index contributed by atoms with van der Waals surface area (Å²) in [5, 5.41) is 10.7. The lowest BCUT2D eigenvalue weighted by Crippen LogP contribution is -2.44. The first-order chi connectivity index (χ1) is 11.4. The second-order valence-electron chi connectivity index (χ2n) is 6.11. The van der Waals surface area contributed by atoms with Crippen molar-refractivity contribution in [3.8, 4) is 0 Å². The van der Waals surface area contributed by atoms with Crippen molar-refractivity contribution in [1.29, 1.82) is 0 Å². The van der Waals surface area contributed by atoms with E-state index in [2.05, 4.69) is 0 Å². The van der Waals surface area contributed by atoms with E-state index < -0.39 is 4.92 Å². The predicted octanol–water partition coefficient (Wildman–Crippen LogP) is 2.52. The third-order valence-electron chi connectivity index (χ3n) is 4.47. The zero-order valence-electron chi connectivity index (χ0n) is 14.1. The predicted molar refractivity (Wildman–Crippen MR) is 89.3 cm³/mol. The quantitative estimate of drug-likeness (QED) is 0.612. The number of rotatable bonds is 5. The smallest absolute Gasteiger partial charge is 0.269 e. The molecule has 2 rings (SSSR count). The maximum absolute atomic E-state index is 12.4. The molecule has 1 heterocycles. The summed E-state index contributed by atoms with van der Waals surface area (Å²) in [6, 6.07) is 5.76. The molecule has 0 spiro atoms. The van der Waals surface area contributed by atoms with Gasteiger partial charge in [-0.05, 0) is 31.7 Å². The summed E-state index contributed by atoms with van der Waals surface area (Å²) in [6.45, 7) is 4.79. The maximum Gasteiger partial charge on any atom is 0.269 e. The zero-order chi connectivity index (χ0) is 17.7. The van der Waals surface area contributed by atoms with Crippen LogP contribution >= 0.6 is 0 Å². The van der Waals surface area contributed by atoms with Crippen LogP contribution in [0.5, 0.6) is 0 Å². The van der Waals surface area contributed by atoms with E-state index in [-0.39, 0.29) is 30.1 Å². The lowest BCUT2D eigenvalue weighted by molar-refractivity contribution is -0.384. The summed E-state index contributed by atoms with van der Waals surface area (Å²) in [6.07, 6.45) is 3.15. The Labute approximate surface area is 141 Å². The van der Waals surface area contributed by atoms with Crippen LogP contribution in [0.1, 0.15) is 44.7 Å². The standard InChI is InChI=1S/C17H23N3O4/c1-13(15-6-8-16(9-7-15)20(23)24)19(14(2)21)12-17(22)18-10-4-3-5-11-18/h6-9,13H,3-5,10-12H2,1-2H3. The number of benzene rings is 1. The van der Waals surface area contributed by atoms with Crippen LogP contribution in [0.25, 0.3) is 0 Å². The number of hydrogen-bond acceptors (Lipinski definition) is 4. The van der Waals surface area contributed by atoms with Crippen LogP contribution in [0.3, 0.4) is 0 Å². The number of nitro groups is 1. The van der Waals surface area contributed by atoms with Crippen LogP contribution in [0.4, 0.5) is 5.69 Å². The van der Waals surface area contributed by atoms with E-state index in [4.69, 9.17) is 0 Å². The van der Waals surface area contributed by atoms with E-state index in [0.717, 1.165) is 37.9 Å². The summed E-state index contributed by atoms with van der Waals surface area (Å²) in [5.74, 6) is -0.232. The van der Waals surface area contributed by atoms with Gasteiger partial charge in [0.25, 0.3) is 5.69 Å². The van der Waals surface area contributed by atoms with Gasteiger partial charge < -0.3 is 9.80 Å². The molecule has 7 heteroatoms. The number of amides is 2. The summed E-state index contributed by atoms with van der Waals surface area (Å²) >= 11 is 0. The molecule has 1 aliphatic heterocycles. The van der Waals surface area contributed by atoms with Gasteiger partial charge in [0, 0.05) is 32.1 Å².